The smallest absolute Gasteiger partial charge is 0.253 e. The van der Waals surface area contributed by atoms with Crippen LogP contribution in [0.1, 0.15) is 32.9 Å². The first-order chi connectivity index (χ1) is 13.5. The van der Waals surface area contributed by atoms with Gasteiger partial charge in [-0.25, -0.2) is 4.98 Å². The molecule has 6 heteroatoms. The number of hydrogen-bond acceptors (Lipinski definition) is 5. The number of aromatic nitrogens is 2. The van der Waals surface area contributed by atoms with Crippen LogP contribution in [-0.2, 0) is 13.0 Å². The monoisotopic (exact) mass is 377 g/mol. The van der Waals surface area contributed by atoms with E-state index < -0.39 is 0 Å². The van der Waals surface area contributed by atoms with Crippen LogP contribution in [0.2, 0.25) is 0 Å². The van der Waals surface area contributed by atoms with Gasteiger partial charge in [-0.3, -0.25) is 9.78 Å². The number of nitrogens with zero attached hydrogens (tertiary/aromatic N) is 2. The number of para-hydroxylation sites is 1. The fourth-order valence-corrected chi connectivity index (χ4v) is 2.83. The Labute approximate surface area is 164 Å². The molecular weight excluding hydrogens is 354 g/mol. The highest BCUT2D eigenvalue weighted by atomic mass is 16.5. The van der Waals surface area contributed by atoms with Gasteiger partial charge in [-0.1, -0.05) is 18.2 Å². The maximum atomic E-state index is 12.3. The van der Waals surface area contributed by atoms with Crippen molar-refractivity contribution in [1.82, 2.24) is 15.3 Å². The third-order valence-corrected chi connectivity index (χ3v) is 4.34. The molecule has 0 saturated carbocycles. The zero-order valence-electron chi connectivity index (χ0n) is 16.0. The minimum absolute atomic E-state index is 0.0512. The Kier molecular flexibility index (Phi) is 6.22. The first-order valence-electron chi connectivity index (χ1n) is 9.10. The second-order valence-corrected chi connectivity index (χ2v) is 6.52. The number of aromatic hydroxyl groups is 1. The van der Waals surface area contributed by atoms with Crippen molar-refractivity contribution in [3.8, 4) is 11.6 Å². The number of amides is 1. The lowest BCUT2D eigenvalue weighted by Crippen LogP contribution is -2.23. The molecule has 2 heterocycles. The quantitative estimate of drug-likeness (QED) is 0.660. The molecule has 2 N–H and O–H groups in total. The van der Waals surface area contributed by atoms with Gasteiger partial charge in [0.2, 0.25) is 5.88 Å². The van der Waals surface area contributed by atoms with E-state index in [-0.39, 0.29) is 18.3 Å². The second-order valence-electron chi connectivity index (χ2n) is 6.52. The van der Waals surface area contributed by atoms with Crippen molar-refractivity contribution in [3.63, 3.8) is 0 Å². The zero-order chi connectivity index (χ0) is 19.9. The summed E-state index contributed by atoms with van der Waals surface area (Å²) in [5, 5.41) is 12.8. The zero-order valence-corrected chi connectivity index (χ0v) is 16.0. The van der Waals surface area contributed by atoms with Crippen LogP contribution in [-0.4, -0.2) is 27.6 Å². The van der Waals surface area contributed by atoms with Gasteiger partial charge in [-0.15, -0.1) is 0 Å². The number of aryl methyl sites for hydroxylation is 2. The van der Waals surface area contributed by atoms with Crippen molar-refractivity contribution < 1.29 is 14.6 Å². The number of nitrogens with one attached hydrogen (secondary N) is 1. The molecule has 144 valence electrons. The minimum atomic E-state index is -0.251. The summed E-state index contributed by atoms with van der Waals surface area (Å²) in [6.07, 6.45) is 2.20. The largest absolute Gasteiger partial charge is 0.493 e. The van der Waals surface area contributed by atoms with E-state index in [2.05, 4.69) is 15.3 Å². The fourth-order valence-electron chi connectivity index (χ4n) is 2.83. The average molecular weight is 377 g/mol. The molecule has 0 aliphatic rings. The predicted molar refractivity (Wildman–Crippen MR) is 106 cm³/mol. The van der Waals surface area contributed by atoms with Gasteiger partial charge in [0, 0.05) is 36.1 Å². The van der Waals surface area contributed by atoms with Gasteiger partial charge in [0.1, 0.15) is 5.75 Å². The highest BCUT2D eigenvalue weighted by Crippen LogP contribution is 2.19. The van der Waals surface area contributed by atoms with Crippen molar-refractivity contribution in [1.29, 1.82) is 0 Å². The first-order valence-corrected chi connectivity index (χ1v) is 9.10. The third-order valence-electron chi connectivity index (χ3n) is 4.34. The molecule has 0 saturated heterocycles. The Balaban J connectivity index is 1.52. The number of pyridine rings is 2. The molecule has 0 aliphatic carbocycles. The SMILES string of the molecule is Cc1cc(C)c(CNC(=O)c2ccc(CCOc3ccccc3)nc2)c(O)n1. The molecular formula is C22H23N3O3. The van der Waals surface area contributed by atoms with E-state index in [1.54, 1.807) is 12.3 Å². The first kappa shape index (κ1) is 19.4. The van der Waals surface area contributed by atoms with E-state index in [1.807, 2.05) is 56.3 Å². The molecule has 0 aliphatic heterocycles. The van der Waals surface area contributed by atoms with E-state index in [1.165, 1.54) is 0 Å². The number of ether oxygens (including phenoxy) is 1. The van der Waals surface area contributed by atoms with Gasteiger partial charge in [-0.05, 0) is 49.7 Å². The van der Waals surface area contributed by atoms with E-state index in [9.17, 15) is 9.90 Å². The van der Waals surface area contributed by atoms with Crippen LogP contribution < -0.4 is 10.1 Å². The van der Waals surface area contributed by atoms with Gasteiger partial charge in [0.15, 0.2) is 0 Å². The lowest BCUT2D eigenvalue weighted by atomic mass is 10.1. The van der Waals surface area contributed by atoms with Crippen molar-refractivity contribution in [2.45, 2.75) is 26.8 Å². The van der Waals surface area contributed by atoms with E-state index in [0.29, 0.717) is 24.2 Å². The van der Waals surface area contributed by atoms with Gasteiger partial charge >= 0.3 is 0 Å². The van der Waals surface area contributed by atoms with E-state index in [0.717, 1.165) is 22.7 Å². The normalized spacial score (nSPS) is 10.5. The fraction of sp³-hybridized carbons (Fsp3) is 0.227. The summed E-state index contributed by atoms with van der Waals surface area (Å²) >= 11 is 0. The van der Waals surface area contributed by atoms with Crippen molar-refractivity contribution in [2.24, 2.45) is 0 Å². The number of benzene rings is 1. The molecule has 1 aromatic carbocycles. The second kappa shape index (κ2) is 8.99. The third kappa shape index (κ3) is 5.07. The van der Waals surface area contributed by atoms with Gasteiger partial charge < -0.3 is 15.2 Å². The minimum Gasteiger partial charge on any atom is -0.493 e. The van der Waals surface area contributed by atoms with Crippen LogP contribution in [0.3, 0.4) is 0 Å². The molecule has 0 atom stereocenters. The highest BCUT2D eigenvalue weighted by molar-refractivity contribution is 5.93. The summed E-state index contributed by atoms with van der Waals surface area (Å²) in [6.45, 7) is 4.41. The summed E-state index contributed by atoms with van der Waals surface area (Å²) in [4.78, 5) is 20.7. The lowest BCUT2D eigenvalue weighted by molar-refractivity contribution is 0.0950. The summed E-state index contributed by atoms with van der Waals surface area (Å²) < 4.78 is 5.66. The summed E-state index contributed by atoms with van der Waals surface area (Å²) in [6, 6.07) is 15.0. The Bertz CT molecular complexity index is 918. The lowest BCUT2D eigenvalue weighted by Gasteiger charge is -2.10. The number of hydrogen-bond donors (Lipinski definition) is 2. The molecule has 28 heavy (non-hydrogen) atoms. The van der Waals surface area contributed by atoms with E-state index >= 15 is 0 Å². The highest BCUT2D eigenvalue weighted by Gasteiger charge is 2.11. The number of carbonyl (C=O) groups is 1. The summed E-state index contributed by atoms with van der Waals surface area (Å²) in [5.74, 6) is 0.520. The molecule has 0 spiro atoms. The molecule has 6 nitrogen and oxygen atoms in total. The molecule has 0 unspecified atom stereocenters. The maximum absolute atomic E-state index is 12.3. The molecule has 0 radical (unpaired) electrons. The van der Waals surface area contributed by atoms with Crippen LogP contribution in [0, 0.1) is 13.8 Å². The van der Waals surface area contributed by atoms with Crippen molar-refractivity contribution in [2.75, 3.05) is 6.61 Å². The predicted octanol–water partition coefficient (Wildman–Crippen LogP) is 3.35. The van der Waals surface area contributed by atoms with Crippen LogP contribution >= 0.6 is 0 Å². The average Bonchev–Trinajstić information content (AvgIpc) is 2.68. The van der Waals surface area contributed by atoms with Gasteiger partial charge in [0.05, 0.1) is 12.2 Å². The molecule has 0 fully saturated rings. The molecule has 3 aromatic rings. The molecule has 2 aromatic heterocycles. The summed E-state index contributed by atoms with van der Waals surface area (Å²) in [7, 11) is 0. The van der Waals surface area contributed by atoms with E-state index in [4.69, 9.17) is 4.74 Å². The maximum Gasteiger partial charge on any atom is 0.253 e. The number of carbonyl (C=O) groups excluding carboxylic acids is 1. The van der Waals surface area contributed by atoms with Crippen molar-refractivity contribution >= 4 is 5.91 Å². The topological polar surface area (TPSA) is 84.3 Å². The van der Waals surface area contributed by atoms with Crippen LogP contribution in [0.25, 0.3) is 0 Å². The van der Waals surface area contributed by atoms with Crippen LogP contribution in [0.5, 0.6) is 11.6 Å². The van der Waals surface area contributed by atoms with Crippen molar-refractivity contribution in [3.05, 3.63) is 82.8 Å². The Morgan fingerprint density at radius 3 is 2.61 bits per heavy atom. The number of rotatable bonds is 7. The molecule has 3 rings (SSSR count). The Morgan fingerprint density at radius 2 is 1.93 bits per heavy atom. The van der Waals surface area contributed by atoms with Gasteiger partial charge in [-0.2, -0.15) is 0 Å². The molecule has 0 bridgehead atoms. The van der Waals surface area contributed by atoms with Crippen LogP contribution in [0.15, 0.2) is 54.7 Å². The Hall–Kier alpha value is -3.41. The summed E-state index contributed by atoms with van der Waals surface area (Å²) in [5.41, 5.74) is 3.55. The standard InChI is InChI=1S/C22H23N3O3/c1-15-12-16(2)25-22(27)20(15)14-24-21(26)17-8-9-18(23-13-17)10-11-28-19-6-4-3-5-7-19/h3-9,12-13H,10-11,14H2,1-2H3,(H,24,26)(H,25,27). The Morgan fingerprint density at radius 1 is 1.14 bits per heavy atom. The van der Waals surface area contributed by atoms with Crippen LogP contribution in [0.4, 0.5) is 0 Å². The molecule has 1 amide bonds. The van der Waals surface area contributed by atoms with Gasteiger partial charge in [0.25, 0.3) is 5.91 Å².